The summed E-state index contributed by atoms with van der Waals surface area (Å²) in [5.74, 6) is 0.667. The number of carbonyl (C=O) groups is 1. The van der Waals surface area contributed by atoms with Crippen LogP contribution < -0.4 is 5.32 Å². The molecule has 4 aromatic heterocycles. The van der Waals surface area contributed by atoms with Crippen molar-refractivity contribution in [3.8, 4) is 0 Å². The van der Waals surface area contributed by atoms with Crippen LogP contribution in [0.25, 0.3) is 15.3 Å². The number of hydrogen-bond acceptors (Lipinski definition) is 6. The van der Waals surface area contributed by atoms with Gasteiger partial charge in [0.2, 0.25) is 0 Å². The summed E-state index contributed by atoms with van der Waals surface area (Å²) in [5.41, 5.74) is 2.17. The zero-order valence-electron chi connectivity index (χ0n) is 13.6. The molecule has 5 rings (SSSR count). The van der Waals surface area contributed by atoms with Crippen molar-refractivity contribution in [3.63, 3.8) is 0 Å². The van der Waals surface area contributed by atoms with Crippen LogP contribution in [0.15, 0.2) is 17.6 Å². The summed E-state index contributed by atoms with van der Waals surface area (Å²) in [4.78, 5) is 25.7. The molecule has 4 aromatic rings. The van der Waals surface area contributed by atoms with Crippen LogP contribution in [-0.4, -0.2) is 20.3 Å². The first-order valence-corrected chi connectivity index (χ1v) is 10.9. The number of aryl methyl sites for hydroxylation is 1. The Kier molecular flexibility index (Phi) is 3.65. The molecule has 4 heterocycles. The van der Waals surface area contributed by atoms with Gasteiger partial charge in [0.25, 0.3) is 5.91 Å². The fourth-order valence-electron chi connectivity index (χ4n) is 3.36. The Labute approximate surface area is 156 Å². The minimum atomic E-state index is -0.0925. The summed E-state index contributed by atoms with van der Waals surface area (Å²) in [6.45, 7) is 2.25. The van der Waals surface area contributed by atoms with E-state index in [2.05, 4.69) is 22.2 Å². The van der Waals surface area contributed by atoms with Crippen molar-refractivity contribution in [2.24, 2.45) is 5.92 Å². The zero-order valence-corrected chi connectivity index (χ0v) is 16.1. The third-order valence-electron chi connectivity index (χ3n) is 4.80. The van der Waals surface area contributed by atoms with Crippen molar-refractivity contribution >= 4 is 60.4 Å². The van der Waals surface area contributed by atoms with Crippen molar-refractivity contribution < 1.29 is 4.79 Å². The molecule has 1 unspecified atom stereocenters. The number of carbonyl (C=O) groups excluding carboxylic acids is 1. The van der Waals surface area contributed by atoms with Crippen molar-refractivity contribution in [2.75, 3.05) is 5.32 Å². The number of imidazole rings is 1. The average molecular weight is 389 g/mol. The summed E-state index contributed by atoms with van der Waals surface area (Å²) in [6, 6.07) is 1.92. The second-order valence-corrected chi connectivity index (χ2v) is 9.32. The van der Waals surface area contributed by atoms with Gasteiger partial charge in [-0.25, -0.2) is 9.97 Å². The van der Waals surface area contributed by atoms with E-state index in [1.165, 1.54) is 34.7 Å². The van der Waals surface area contributed by atoms with Crippen molar-refractivity contribution in [1.82, 2.24) is 14.4 Å². The van der Waals surface area contributed by atoms with Gasteiger partial charge in [0.05, 0.1) is 16.1 Å². The SMILES string of the molecule is CCC1CCc2nc(NC(=O)c3cc4c(nc5sccn54)s3)sc2C1. The number of thiazole rings is 2. The molecule has 1 aliphatic carbocycles. The molecule has 1 amide bonds. The standard InChI is InChI=1S/C17H16N4OS3/c1-2-9-3-4-10-12(7-9)25-16(18-10)19-14(22)13-8-11-15(24-13)20-17-21(11)5-6-23-17/h5-6,8-9H,2-4,7H2,1H3,(H,18,19,22). The van der Waals surface area contributed by atoms with Crippen LogP contribution in [0.1, 0.15) is 40.0 Å². The Bertz CT molecular complexity index is 1090. The molecule has 0 spiro atoms. The molecule has 5 nitrogen and oxygen atoms in total. The van der Waals surface area contributed by atoms with Crippen molar-refractivity contribution in [2.45, 2.75) is 32.6 Å². The van der Waals surface area contributed by atoms with Gasteiger partial charge >= 0.3 is 0 Å². The predicted octanol–water partition coefficient (Wildman–Crippen LogP) is 4.83. The maximum absolute atomic E-state index is 12.6. The highest BCUT2D eigenvalue weighted by Crippen LogP contribution is 2.34. The fraction of sp³-hybridized carbons (Fsp3) is 0.353. The highest BCUT2D eigenvalue weighted by atomic mass is 32.1. The van der Waals surface area contributed by atoms with Crippen LogP contribution >= 0.6 is 34.0 Å². The molecule has 128 valence electrons. The topological polar surface area (TPSA) is 59.3 Å². The third-order valence-corrected chi connectivity index (χ3v) is 7.61. The summed E-state index contributed by atoms with van der Waals surface area (Å²) in [5, 5.41) is 5.71. The molecule has 0 radical (unpaired) electrons. The van der Waals surface area contributed by atoms with Crippen LogP contribution in [0.4, 0.5) is 5.13 Å². The van der Waals surface area contributed by atoms with Crippen molar-refractivity contribution in [1.29, 1.82) is 0 Å². The number of nitrogens with zero attached hydrogens (tertiary/aromatic N) is 3. The molecule has 0 bridgehead atoms. The smallest absolute Gasteiger partial charge is 0.267 e. The number of nitrogens with one attached hydrogen (secondary N) is 1. The number of amides is 1. The Hall–Kier alpha value is -1.77. The second kappa shape index (κ2) is 5.89. The van der Waals surface area contributed by atoms with E-state index in [0.717, 1.165) is 39.2 Å². The van der Waals surface area contributed by atoms with Gasteiger partial charge in [0.1, 0.15) is 4.83 Å². The molecular formula is C17H16N4OS3. The lowest BCUT2D eigenvalue weighted by Gasteiger charge is -2.18. The van der Waals surface area contributed by atoms with Crippen molar-refractivity contribution in [3.05, 3.63) is 33.1 Å². The largest absolute Gasteiger partial charge is 0.297 e. The summed E-state index contributed by atoms with van der Waals surface area (Å²) in [6.07, 6.45) is 6.54. The van der Waals surface area contributed by atoms with Crippen LogP contribution in [0, 0.1) is 5.92 Å². The molecule has 25 heavy (non-hydrogen) atoms. The number of fused-ring (bicyclic) bond motifs is 4. The van der Waals surface area contributed by atoms with E-state index >= 15 is 0 Å². The molecule has 1 N–H and O–H groups in total. The fourth-order valence-corrected chi connectivity index (χ4v) is 6.18. The minimum absolute atomic E-state index is 0.0925. The quantitative estimate of drug-likeness (QED) is 0.547. The van der Waals surface area contributed by atoms with E-state index in [4.69, 9.17) is 0 Å². The van der Waals surface area contributed by atoms with Gasteiger partial charge in [0, 0.05) is 16.5 Å². The lowest BCUT2D eigenvalue weighted by Crippen LogP contribution is -2.12. The van der Waals surface area contributed by atoms with Crippen LogP contribution in [0.3, 0.4) is 0 Å². The third kappa shape index (κ3) is 2.59. The molecule has 0 fully saturated rings. The van der Waals surface area contributed by atoms with Gasteiger partial charge in [-0.3, -0.25) is 14.5 Å². The lowest BCUT2D eigenvalue weighted by molar-refractivity contribution is 0.103. The molecule has 1 aliphatic rings. The van der Waals surface area contributed by atoms with Gasteiger partial charge in [0.15, 0.2) is 10.1 Å². The second-order valence-electron chi connectivity index (χ2n) is 6.33. The van der Waals surface area contributed by atoms with Gasteiger partial charge in [-0.2, -0.15) is 0 Å². The number of anilines is 1. The Morgan fingerprint density at radius 3 is 3.20 bits per heavy atom. The van der Waals surface area contributed by atoms with E-state index in [9.17, 15) is 4.79 Å². The van der Waals surface area contributed by atoms with Gasteiger partial charge < -0.3 is 0 Å². The maximum atomic E-state index is 12.6. The van der Waals surface area contributed by atoms with Crippen LogP contribution in [0.2, 0.25) is 0 Å². The molecule has 0 aromatic carbocycles. The molecule has 0 aliphatic heterocycles. The predicted molar refractivity (Wildman–Crippen MR) is 104 cm³/mol. The van der Waals surface area contributed by atoms with Gasteiger partial charge in [-0.05, 0) is 31.2 Å². The van der Waals surface area contributed by atoms with E-state index < -0.39 is 0 Å². The van der Waals surface area contributed by atoms with E-state index in [1.54, 1.807) is 22.7 Å². The lowest BCUT2D eigenvalue weighted by atomic mass is 9.89. The molecule has 0 saturated carbocycles. The first kappa shape index (κ1) is 15.5. The minimum Gasteiger partial charge on any atom is -0.297 e. The van der Waals surface area contributed by atoms with Crippen LogP contribution in [-0.2, 0) is 12.8 Å². The summed E-state index contributed by atoms with van der Waals surface area (Å²) < 4.78 is 2.03. The first-order valence-electron chi connectivity index (χ1n) is 8.36. The average Bonchev–Trinajstić information content (AvgIpc) is 3.33. The van der Waals surface area contributed by atoms with E-state index in [1.807, 2.05) is 22.0 Å². The normalized spacial score (nSPS) is 17.2. The highest BCUT2D eigenvalue weighted by molar-refractivity contribution is 7.21. The Morgan fingerprint density at radius 1 is 1.40 bits per heavy atom. The summed E-state index contributed by atoms with van der Waals surface area (Å²) >= 11 is 4.67. The monoisotopic (exact) mass is 388 g/mol. The molecule has 0 saturated heterocycles. The zero-order chi connectivity index (χ0) is 17.0. The van der Waals surface area contributed by atoms with E-state index in [0.29, 0.717) is 4.88 Å². The highest BCUT2D eigenvalue weighted by Gasteiger charge is 2.23. The first-order chi connectivity index (χ1) is 12.2. The van der Waals surface area contributed by atoms with Crippen LogP contribution in [0.5, 0.6) is 0 Å². The number of rotatable bonds is 3. The molecular weight excluding hydrogens is 372 g/mol. The Balaban J connectivity index is 1.40. The number of aromatic nitrogens is 3. The molecule has 8 heteroatoms. The number of hydrogen-bond donors (Lipinski definition) is 1. The van der Waals surface area contributed by atoms with Gasteiger partial charge in [-0.15, -0.1) is 34.0 Å². The maximum Gasteiger partial charge on any atom is 0.267 e. The van der Waals surface area contributed by atoms with Gasteiger partial charge in [-0.1, -0.05) is 13.3 Å². The summed E-state index contributed by atoms with van der Waals surface area (Å²) in [7, 11) is 0. The molecule has 1 atom stereocenters. The van der Waals surface area contributed by atoms with E-state index in [-0.39, 0.29) is 5.91 Å². The number of thiophene rings is 1. The Morgan fingerprint density at radius 2 is 2.32 bits per heavy atom.